The van der Waals surface area contributed by atoms with Crippen LogP contribution >= 0.6 is 22.9 Å². The van der Waals surface area contributed by atoms with E-state index in [1.165, 1.54) is 23.3 Å². The van der Waals surface area contributed by atoms with Crippen molar-refractivity contribution in [1.82, 2.24) is 10.3 Å². The number of anilines is 2. The Labute approximate surface area is 136 Å². The molecule has 2 heterocycles. The van der Waals surface area contributed by atoms with Gasteiger partial charge in [0.1, 0.15) is 5.75 Å². The molecule has 0 aliphatic carbocycles. The fourth-order valence-electron chi connectivity index (χ4n) is 2.21. The summed E-state index contributed by atoms with van der Waals surface area (Å²) in [7, 11) is 1.54. The number of urea groups is 1. The molecule has 8 heteroatoms. The molecule has 0 saturated heterocycles. The second kappa shape index (κ2) is 6.51. The van der Waals surface area contributed by atoms with Gasteiger partial charge in [0.15, 0.2) is 5.13 Å². The lowest BCUT2D eigenvalue weighted by Crippen LogP contribution is -2.22. The molecule has 2 amide bonds. The number of halogens is 1. The monoisotopic (exact) mass is 338 g/mol. The average Bonchev–Trinajstić information content (AvgIpc) is 2.89. The van der Waals surface area contributed by atoms with Gasteiger partial charge in [-0.25, -0.2) is 9.78 Å². The second-order valence-electron chi connectivity index (χ2n) is 4.74. The molecule has 3 rings (SSSR count). The molecule has 0 saturated carbocycles. The largest absolute Gasteiger partial charge is 0.495 e. The molecular weight excluding hydrogens is 324 g/mol. The Morgan fingerprint density at radius 3 is 3.09 bits per heavy atom. The molecule has 6 nitrogen and oxygen atoms in total. The number of methoxy groups -OCH3 is 1. The Morgan fingerprint density at radius 1 is 1.45 bits per heavy atom. The number of nitrogens with zero attached hydrogens (tertiary/aromatic N) is 1. The minimum Gasteiger partial charge on any atom is -0.495 e. The number of amides is 2. The van der Waals surface area contributed by atoms with Crippen LogP contribution in [0.3, 0.4) is 0 Å². The molecule has 1 aliphatic heterocycles. The number of rotatable bonds is 3. The summed E-state index contributed by atoms with van der Waals surface area (Å²) in [5.41, 5.74) is 1.56. The zero-order valence-corrected chi connectivity index (χ0v) is 13.5. The lowest BCUT2D eigenvalue weighted by molar-refractivity contribution is 0.262. The van der Waals surface area contributed by atoms with Gasteiger partial charge in [0.05, 0.1) is 18.5 Å². The number of benzene rings is 1. The Morgan fingerprint density at radius 2 is 2.32 bits per heavy atom. The van der Waals surface area contributed by atoms with E-state index < -0.39 is 0 Å². The van der Waals surface area contributed by atoms with Gasteiger partial charge in [-0.3, -0.25) is 5.32 Å². The molecule has 0 atom stereocenters. The van der Waals surface area contributed by atoms with Gasteiger partial charge in [-0.15, -0.1) is 11.3 Å². The first-order chi connectivity index (χ1) is 10.7. The van der Waals surface area contributed by atoms with Crippen LogP contribution in [0.4, 0.5) is 15.6 Å². The van der Waals surface area contributed by atoms with Crippen LogP contribution in [0.15, 0.2) is 18.2 Å². The molecule has 3 N–H and O–H groups in total. The summed E-state index contributed by atoms with van der Waals surface area (Å²) in [5.74, 6) is 0.544. The Kier molecular flexibility index (Phi) is 4.47. The van der Waals surface area contributed by atoms with Crippen molar-refractivity contribution >= 4 is 39.8 Å². The van der Waals surface area contributed by atoms with Crippen LogP contribution in [-0.2, 0) is 13.0 Å². The molecule has 22 heavy (non-hydrogen) atoms. The first-order valence-corrected chi connectivity index (χ1v) is 7.96. The van der Waals surface area contributed by atoms with Gasteiger partial charge in [-0.2, -0.15) is 0 Å². The highest BCUT2D eigenvalue weighted by Crippen LogP contribution is 2.29. The average molecular weight is 339 g/mol. The molecule has 0 bridgehead atoms. The van der Waals surface area contributed by atoms with Gasteiger partial charge in [-0.05, 0) is 18.2 Å². The number of hydrogen-bond acceptors (Lipinski definition) is 5. The van der Waals surface area contributed by atoms with Crippen molar-refractivity contribution in [2.45, 2.75) is 13.0 Å². The topological polar surface area (TPSA) is 75.3 Å². The molecular formula is C14H15ClN4O2S. The first-order valence-electron chi connectivity index (χ1n) is 6.76. The van der Waals surface area contributed by atoms with Crippen LogP contribution in [-0.4, -0.2) is 24.7 Å². The Balaban J connectivity index is 1.70. The van der Waals surface area contributed by atoms with Crippen LogP contribution in [0, 0.1) is 0 Å². The number of aromatic nitrogens is 1. The number of carbonyl (C=O) groups excluding carboxylic acids is 1. The summed E-state index contributed by atoms with van der Waals surface area (Å²) >= 11 is 7.43. The van der Waals surface area contributed by atoms with Crippen LogP contribution in [0.5, 0.6) is 5.75 Å². The summed E-state index contributed by atoms with van der Waals surface area (Å²) in [5, 5.41) is 9.86. The third kappa shape index (κ3) is 3.32. The number of carbonyl (C=O) groups is 1. The zero-order chi connectivity index (χ0) is 15.5. The zero-order valence-electron chi connectivity index (χ0n) is 11.9. The van der Waals surface area contributed by atoms with Crippen molar-refractivity contribution in [1.29, 1.82) is 0 Å². The molecule has 0 spiro atoms. The Hall–Kier alpha value is -1.83. The highest BCUT2D eigenvalue weighted by molar-refractivity contribution is 7.15. The number of ether oxygens (including phenoxy) is 1. The van der Waals surface area contributed by atoms with E-state index in [1.54, 1.807) is 18.2 Å². The number of hydrogen-bond donors (Lipinski definition) is 3. The van der Waals surface area contributed by atoms with E-state index in [2.05, 4.69) is 20.9 Å². The van der Waals surface area contributed by atoms with Crippen molar-refractivity contribution in [2.24, 2.45) is 0 Å². The van der Waals surface area contributed by atoms with Crippen molar-refractivity contribution < 1.29 is 9.53 Å². The predicted octanol–water partition coefficient (Wildman–Crippen LogP) is 3.09. The fourth-order valence-corrected chi connectivity index (χ4v) is 3.35. The SMILES string of the molecule is COc1ccc(Cl)cc1NC(=O)Nc1nc2c(s1)CNCC2. The van der Waals surface area contributed by atoms with Gasteiger partial charge in [0.2, 0.25) is 0 Å². The molecule has 0 radical (unpaired) electrons. The van der Waals surface area contributed by atoms with Gasteiger partial charge < -0.3 is 15.4 Å². The maximum atomic E-state index is 12.1. The van der Waals surface area contributed by atoms with E-state index in [1.807, 2.05) is 0 Å². The lowest BCUT2D eigenvalue weighted by atomic mass is 10.2. The maximum absolute atomic E-state index is 12.1. The molecule has 1 aliphatic rings. The summed E-state index contributed by atoms with van der Waals surface area (Å²) < 4.78 is 5.20. The maximum Gasteiger partial charge on any atom is 0.325 e. The quantitative estimate of drug-likeness (QED) is 0.804. The smallest absolute Gasteiger partial charge is 0.325 e. The van der Waals surface area contributed by atoms with Crippen molar-refractivity contribution in [2.75, 3.05) is 24.3 Å². The molecule has 0 fully saturated rings. The normalized spacial score (nSPS) is 13.4. The lowest BCUT2D eigenvalue weighted by Gasteiger charge is -2.10. The van der Waals surface area contributed by atoms with E-state index in [0.29, 0.717) is 21.6 Å². The van der Waals surface area contributed by atoms with Crippen LogP contribution < -0.4 is 20.7 Å². The van der Waals surface area contributed by atoms with Gasteiger partial charge in [0, 0.05) is 29.4 Å². The van der Waals surface area contributed by atoms with Crippen LogP contribution in [0.25, 0.3) is 0 Å². The van der Waals surface area contributed by atoms with Crippen molar-refractivity contribution in [3.63, 3.8) is 0 Å². The standard InChI is InChI=1S/C14H15ClN4O2S/c1-21-11-3-2-8(15)6-10(11)17-13(20)19-14-18-9-4-5-16-7-12(9)22-14/h2-3,6,16H,4-5,7H2,1H3,(H2,17,18,19,20). The Bertz CT molecular complexity index is 681. The highest BCUT2D eigenvalue weighted by atomic mass is 35.5. The van der Waals surface area contributed by atoms with Crippen molar-refractivity contribution in [3.8, 4) is 5.75 Å². The first kappa shape index (κ1) is 15.1. The number of thiazole rings is 1. The summed E-state index contributed by atoms with van der Waals surface area (Å²) in [6, 6.07) is 4.66. The second-order valence-corrected chi connectivity index (χ2v) is 6.26. The van der Waals surface area contributed by atoms with Crippen molar-refractivity contribution in [3.05, 3.63) is 33.8 Å². The molecule has 2 aromatic rings. The summed E-state index contributed by atoms with van der Waals surface area (Å²) in [4.78, 5) is 17.7. The van der Waals surface area contributed by atoms with Crippen LogP contribution in [0.2, 0.25) is 5.02 Å². The van der Waals surface area contributed by atoms with Gasteiger partial charge >= 0.3 is 6.03 Å². The third-order valence-corrected chi connectivity index (χ3v) is 4.48. The van der Waals surface area contributed by atoms with E-state index in [9.17, 15) is 4.79 Å². The minimum absolute atomic E-state index is 0.375. The summed E-state index contributed by atoms with van der Waals surface area (Å²) in [6.45, 7) is 1.72. The predicted molar refractivity (Wildman–Crippen MR) is 88.2 cm³/mol. The van der Waals surface area contributed by atoms with Gasteiger partial charge in [0.25, 0.3) is 0 Å². The van der Waals surface area contributed by atoms with E-state index in [0.717, 1.165) is 25.2 Å². The van der Waals surface area contributed by atoms with E-state index >= 15 is 0 Å². The van der Waals surface area contributed by atoms with E-state index in [4.69, 9.17) is 16.3 Å². The highest BCUT2D eigenvalue weighted by Gasteiger charge is 2.16. The molecule has 1 aromatic heterocycles. The summed E-state index contributed by atoms with van der Waals surface area (Å²) in [6.07, 6.45) is 0.886. The minimum atomic E-state index is -0.375. The molecule has 116 valence electrons. The third-order valence-electron chi connectivity index (χ3n) is 3.23. The van der Waals surface area contributed by atoms with Gasteiger partial charge in [-0.1, -0.05) is 11.6 Å². The van der Waals surface area contributed by atoms with Crippen LogP contribution in [0.1, 0.15) is 10.6 Å². The van der Waals surface area contributed by atoms with E-state index in [-0.39, 0.29) is 6.03 Å². The molecule has 1 aromatic carbocycles. The number of fused-ring (bicyclic) bond motifs is 1. The number of nitrogens with one attached hydrogen (secondary N) is 3. The fraction of sp³-hybridized carbons (Fsp3) is 0.286. The molecule has 0 unspecified atom stereocenters.